The van der Waals surface area contributed by atoms with E-state index in [2.05, 4.69) is 5.32 Å². The van der Waals surface area contributed by atoms with Crippen LogP contribution >= 0.6 is 0 Å². The molecule has 2 rings (SSSR count). The number of carboxylic acid groups (broad SMARTS) is 1. The molecule has 0 radical (unpaired) electrons. The molecule has 0 spiro atoms. The smallest absolute Gasteiger partial charge is 0.371 e. The molecule has 1 amide bonds. The Hall–Kier alpha value is -1.80. The lowest BCUT2D eigenvalue weighted by molar-refractivity contribution is -0.302. The molecule has 1 saturated heterocycles. The van der Waals surface area contributed by atoms with Gasteiger partial charge in [0.05, 0.1) is 6.61 Å². The number of rotatable bonds is 5. The molecular weight excluding hydrogens is 358 g/mol. The average Bonchev–Trinajstić information content (AvgIpc) is 2.56. The van der Waals surface area contributed by atoms with Crippen molar-refractivity contribution in [1.82, 2.24) is 5.32 Å². The summed E-state index contributed by atoms with van der Waals surface area (Å²) in [7, 11) is 0. The highest BCUT2D eigenvalue weighted by atomic mass is 16.7. The molecule has 2 aliphatic rings. The summed E-state index contributed by atoms with van der Waals surface area (Å²) in [6.45, 7) is 0.442. The summed E-state index contributed by atoms with van der Waals surface area (Å²) in [6, 6.07) is -1.32. The Kier molecular flexibility index (Phi) is 6.52. The summed E-state index contributed by atoms with van der Waals surface area (Å²) in [5, 5.41) is 60.5. The molecule has 8 atom stereocenters. The SMILES string of the molecule is CC(=O)N[C@H]1[C@@H](OC2OC(C(=O)O)=C[C@@H](O)[C@H]2O)[C@@H](O)[C@@H](CO)O[C@H]1O. The molecule has 0 saturated carbocycles. The lowest BCUT2D eigenvalue weighted by Gasteiger charge is -2.44. The molecule has 0 aromatic heterocycles. The van der Waals surface area contributed by atoms with Crippen LogP contribution in [-0.4, -0.2) is 98.3 Å². The van der Waals surface area contributed by atoms with Gasteiger partial charge in [-0.15, -0.1) is 0 Å². The van der Waals surface area contributed by atoms with Crippen molar-refractivity contribution >= 4 is 11.9 Å². The fourth-order valence-electron chi connectivity index (χ4n) is 2.67. The molecule has 12 heteroatoms. The first-order valence-corrected chi connectivity index (χ1v) is 7.68. The van der Waals surface area contributed by atoms with Crippen LogP contribution in [0.2, 0.25) is 0 Å². The fourth-order valence-corrected chi connectivity index (χ4v) is 2.67. The van der Waals surface area contributed by atoms with E-state index in [-0.39, 0.29) is 0 Å². The molecule has 7 N–H and O–H groups in total. The highest BCUT2D eigenvalue weighted by Crippen LogP contribution is 2.27. The van der Waals surface area contributed by atoms with E-state index in [4.69, 9.17) is 19.3 Å². The maximum atomic E-state index is 11.3. The van der Waals surface area contributed by atoms with Crippen molar-refractivity contribution in [3.05, 3.63) is 11.8 Å². The number of aliphatic hydroxyl groups excluding tert-OH is 5. The number of hydrogen-bond acceptors (Lipinski definition) is 10. The van der Waals surface area contributed by atoms with Crippen molar-refractivity contribution in [3.63, 3.8) is 0 Å². The van der Waals surface area contributed by atoms with Gasteiger partial charge >= 0.3 is 5.97 Å². The van der Waals surface area contributed by atoms with Crippen LogP contribution in [0.5, 0.6) is 0 Å². The highest BCUT2D eigenvalue weighted by molar-refractivity contribution is 5.84. The van der Waals surface area contributed by atoms with Crippen molar-refractivity contribution < 1.29 is 54.4 Å². The first kappa shape index (κ1) is 20.5. The predicted octanol–water partition coefficient (Wildman–Crippen LogP) is -4.01. The van der Waals surface area contributed by atoms with E-state index in [1.165, 1.54) is 0 Å². The number of aliphatic hydroxyl groups is 5. The van der Waals surface area contributed by atoms with Crippen LogP contribution in [0.3, 0.4) is 0 Å². The Morgan fingerprint density at radius 3 is 2.42 bits per heavy atom. The third-order valence-electron chi connectivity index (χ3n) is 3.94. The molecule has 12 nitrogen and oxygen atoms in total. The van der Waals surface area contributed by atoms with Crippen LogP contribution in [0, 0.1) is 0 Å². The van der Waals surface area contributed by atoms with Crippen LogP contribution in [-0.2, 0) is 23.8 Å². The Morgan fingerprint density at radius 2 is 1.88 bits per heavy atom. The van der Waals surface area contributed by atoms with Gasteiger partial charge in [-0.2, -0.15) is 0 Å². The van der Waals surface area contributed by atoms with Crippen LogP contribution < -0.4 is 5.32 Å². The number of amides is 1. The van der Waals surface area contributed by atoms with Gasteiger partial charge < -0.3 is 50.2 Å². The molecule has 148 valence electrons. The van der Waals surface area contributed by atoms with Gasteiger partial charge in [-0.25, -0.2) is 4.79 Å². The van der Waals surface area contributed by atoms with Crippen molar-refractivity contribution in [1.29, 1.82) is 0 Å². The number of hydrogen-bond donors (Lipinski definition) is 7. The van der Waals surface area contributed by atoms with E-state index in [9.17, 15) is 35.1 Å². The maximum absolute atomic E-state index is 11.3. The third kappa shape index (κ3) is 4.29. The normalized spacial score (nSPS) is 40.3. The molecule has 0 aliphatic carbocycles. The van der Waals surface area contributed by atoms with Gasteiger partial charge in [0, 0.05) is 6.92 Å². The largest absolute Gasteiger partial charge is 0.475 e. The van der Waals surface area contributed by atoms with Gasteiger partial charge in [-0.3, -0.25) is 4.79 Å². The van der Waals surface area contributed by atoms with Crippen molar-refractivity contribution in [2.75, 3.05) is 6.61 Å². The number of aliphatic carboxylic acids is 1. The molecule has 1 unspecified atom stereocenters. The topological polar surface area (TPSA) is 195 Å². The number of nitrogens with one attached hydrogen (secondary N) is 1. The fraction of sp³-hybridized carbons (Fsp3) is 0.714. The van der Waals surface area contributed by atoms with Gasteiger partial charge in [-0.05, 0) is 6.08 Å². The van der Waals surface area contributed by atoms with Gasteiger partial charge in [0.25, 0.3) is 0 Å². The first-order chi connectivity index (χ1) is 12.1. The van der Waals surface area contributed by atoms with Crippen molar-refractivity contribution in [2.45, 2.75) is 56.1 Å². The van der Waals surface area contributed by atoms with Gasteiger partial charge in [0.15, 0.2) is 6.29 Å². The molecule has 26 heavy (non-hydrogen) atoms. The van der Waals surface area contributed by atoms with Gasteiger partial charge in [-0.1, -0.05) is 0 Å². The Morgan fingerprint density at radius 1 is 1.23 bits per heavy atom. The van der Waals surface area contributed by atoms with E-state index >= 15 is 0 Å². The summed E-state index contributed by atoms with van der Waals surface area (Å²) in [5.41, 5.74) is 0. The summed E-state index contributed by atoms with van der Waals surface area (Å²) >= 11 is 0. The zero-order valence-corrected chi connectivity index (χ0v) is 13.6. The van der Waals surface area contributed by atoms with E-state index in [0.717, 1.165) is 13.0 Å². The molecule has 2 heterocycles. The average molecular weight is 379 g/mol. The van der Waals surface area contributed by atoms with Gasteiger partial charge in [0.1, 0.15) is 36.6 Å². The van der Waals surface area contributed by atoms with Crippen LogP contribution in [0.25, 0.3) is 0 Å². The van der Waals surface area contributed by atoms with E-state index in [1.807, 2.05) is 0 Å². The summed E-state index contributed by atoms with van der Waals surface area (Å²) in [6.07, 6.45) is -10.3. The zero-order valence-electron chi connectivity index (χ0n) is 13.6. The Bertz CT molecular complexity index is 567. The molecule has 0 aromatic carbocycles. The second-order valence-corrected chi connectivity index (χ2v) is 5.87. The Balaban J connectivity index is 2.24. The number of carbonyl (C=O) groups is 2. The molecule has 1 fully saturated rings. The molecular formula is C14H21NO11. The van der Waals surface area contributed by atoms with Crippen molar-refractivity contribution in [3.8, 4) is 0 Å². The van der Waals surface area contributed by atoms with Crippen LogP contribution in [0.15, 0.2) is 11.8 Å². The zero-order chi connectivity index (χ0) is 19.6. The van der Waals surface area contributed by atoms with E-state index < -0.39 is 73.4 Å². The predicted molar refractivity (Wildman–Crippen MR) is 79.1 cm³/mol. The third-order valence-corrected chi connectivity index (χ3v) is 3.94. The quantitative estimate of drug-likeness (QED) is 0.246. The second kappa shape index (κ2) is 8.26. The molecule has 2 aliphatic heterocycles. The van der Waals surface area contributed by atoms with E-state index in [1.54, 1.807) is 0 Å². The highest BCUT2D eigenvalue weighted by Gasteiger charge is 2.49. The monoisotopic (exact) mass is 379 g/mol. The number of carbonyl (C=O) groups excluding carboxylic acids is 1. The second-order valence-electron chi connectivity index (χ2n) is 5.87. The first-order valence-electron chi connectivity index (χ1n) is 7.68. The summed E-state index contributed by atoms with van der Waals surface area (Å²) in [4.78, 5) is 22.4. The summed E-state index contributed by atoms with van der Waals surface area (Å²) < 4.78 is 15.3. The van der Waals surface area contributed by atoms with Gasteiger partial charge in [0.2, 0.25) is 18.0 Å². The molecule has 0 aromatic rings. The minimum atomic E-state index is -1.73. The lowest BCUT2D eigenvalue weighted by Crippen LogP contribution is -2.66. The van der Waals surface area contributed by atoms with Crippen LogP contribution in [0.1, 0.15) is 6.92 Å². The minimum Gasteiger partial charge on any atom is -0.475 e. The number of carboxylic acids is 1. The standard InChI is InChI=1S/C14H21NO11/c1-4(17)15-8-11(10(20)7(3-16)24-13(8)23)26-14-9(19)5(18)2-6(25-14)12(21)22/h2,5,7-11,13-14,16,18-20,23H,3H2,1H3,(H,15,17)(H,21,22)/t5-,7-,8+,9-,10+,11-,13-,14?/m1/s1. The minimum absolute atomic E-state index is 0.600. The number of ether oxygens (including phenoxy) is 3. The summed E-state index contributed by atoms with van der Waals surface area (Å²) in [5.74, 6) is -2.81. The van der Waals surface area contributed by atoms with Crippen LogP contribution in [0.4, 0.5) is 0 Å². The lowest BCUT2D eigenvalue weighted by atomic mass is 9.96. The maximum Gasteiger partial charge on any atom is 0.371 e. The molecule has 0 bridgehead atoms. The van der Waals surface area contributed by atoms with E-state index in [0.29, 0.717) is 0 Å². The van der Waals surface area contributed by atoms with Crippen molar-refractivity contribution in [2.24, 2.45) is 0 Å². The Labute approximate surface area is 147 Å².